The Morgan fingerprint density at radius 1 is 1.24 bits per heavy atom. The lowest BCUT2D eigenvalue weighted by molar-refractivity contribution is 0.105. The third kappa shape index (κ3) is 2.65. The molecule has 1 aliphatic rings. The van der Waals surface area contributed by atoms with Gasteiger partial charge in [0.1, 0.15) is 0 Å². The molecule has 0 saturated heterocycles. The van der Waals surface area contributed by atoms with Gasteiger partial charge in [-0.15, -0.1) is 0 Å². The molecular weight excluding hydrogens is 216 g/mol. The SMILES string of the molecule is O/N=C1/CCCCC1C(NO)c1ccccc1. The molecule has 3 N–H and O–H groups in total. The summed E-state index contributed by atoms with van der Waals surface area (Å²) in [6.07, 6.45) is 3.91. The largest absolute Gasteiger partial charge is 0.411 e. The molecule has 0 spiro atoms. The van der Waals surface area contributed by atoms with E-state index in [1.807, 2.05) is 30.3 Å². The summed E-state index contributed by atoms with van der Waals surface area (Å²) in [4.78, 5) is 0. The van der Waals surface area contributed by atoms with E-state index >= 15 is 0 Å². The maximum atomic E-state index is 9.36. The molecule has 0 aliphatic heterocycles. The zero-order chi connectivity index (χ0) is 12.1. The maximum Gasteiger partial charge on any atom is 0.0650 e. The summed E-state index contributed by atoms with van der Waals surface area (Å²) in [6, 6.07) is 9.58. The van der Waals surface area contributed by atoms with E-state index in [2.05, 4.69) is 10.6 Å². The van der Waals surface area contributed by atoms with Crippen LogP contribution in [0.5, 0.6) is 0 Å². The van der Waals surface area contributed by atoms with Crippen LogP contribution < -0.4 is 5.48 Å². The van der Waals surface area contributed by atoms with Crippen molar-refractivity contribution in [3.8, 4) is 0 Å². The van der Waals surface area contributed by atoms with Crippen molar-refractivity contribution in [1.29, 1.82) is 0 Å². The van der Waals surface area contributed by atoms with Crippen LogP contribution in [0.15, 0.2) is 35.5 Å². The van der Waals surface area contributed by atoms with E-state index in [0.29, 0.717) is 0 Å². The Morgan fingerprint density at radius 3 is 2.65 bits per heavy atom. The molecule has 1 aromatic carbocycles. The second-order valence-electron chi connectivity index (χ2n) is 4.46. The van der Waals surface area contributed by atoms with E-state index in [1.165, 1.54) is 0 Å². The van der Waals surface area contributed by atoms with E-state index < -0.39 is 0 Å². The quantitative estimate of drug-likeness (QED) is 0.556. The maximum absolute atomic E-state index is 9.36. The van der Waals surface area contributed by atoms with Crippen molar-refractivity contribution in [2.24, 2.45) is 11.1 Å². The molecule has 0 bridgehead atoms. The number of nitrogens with zero attached hydrogens (tertiary/aromatic N) is 1. The summed E-state index contributed by atoms with van der Waals surface area (Å²) < 4.78 is 0. The van der Waals surface area contributed by atoms with Crippen LogP contribution in [0.1, 0.15) is 37.3 Å². The first-order valence-electron chi connectivity index (χ1n) is 6.02. The molecule has 4 heteroatoms. The normalized spacial score (nSPS) is 24.8. The van der Waals surface area contributed by atoms with Crippen molar-refractivity contribution in [1.82, 2.24) is 5.48 Å². The lowest BCUT2D eigenvalue weighted by atomic mass is 9.80. The monoisotopic (exact) mass is 234 g/mol. The van der Waals surface area contributed by atoms with Crippen molar-refractivity contribution in [3.63, 3.8) is 0 Å². The highest BCUT2D eigenvalue weighted by Crippen LogP contribution is 2.32. The minimum absolute atomic E-state index is 0.0705. The number of hydrogen-bond acceptors (Lipinski definition) is 4. The first-order chi connectivity index (χ1) is 8.36. The highest BCUT2D eigenvalue weighted by molar-refractivity contribution is 5.87. The zero-order valence-electron chi connectivity index (χ0n) is 9.71. The number of nitrogens with one attached hydrogen (secondary N) is 1. The fourth-order valence-electron chi connectivity index (χ4n) is 2.56. The Morgan fingerprint density at radius 2 is 2.00 bits per heavy atom. The van der Waals surface area contributed by atoms with Crippen LogP contribution in [0.3, 0.4) is 0 Å². The Hall–Kier alpha value is -1.39. The van der Waals surface area contributed by atoms with Gasteiger partial charge in [0.05, 0.1) is 11.8 Å². The minimum Gasteiger partial charge on any atom is -0.411 e. The van der Waals surface area contributed by atoms with Crippen LogP contribution in [-0.2, 0) is 0 Å². The van der Waals surface area contributed by atoms with Crippen LogP contribution in [0, 0.1) is 5.92 Å². The predicted molar refractivity (Wildman–Crippen MR) is 65.3 cm³/mol. The molecule has 1 aliphatic carbocycles. The molecular formula is C13H18N2O2. The van der Waals surface area contributed by atoms with Gasteiger partial charge in [0, 0.05) is 5.92 Å². The Labute approximate surface area is 101 Å². The van der Waals surface area contributed by atoms with Gasteiger partial charge in [0.2, 0.25) is 0 Å². The third-order valence-electron chi connectivity index (χ3n) is 3.45. The van der Waals surface area contributed by atoms with Crippen molar-refractivity contribution in [2.45, 2.75) is 31.7 Å². The van der Waals surface area contributed by atoms with Crippen LogP contribution in [0.4, 0.5) is 0 Å². The Kier molecular flexibility index (Phi) is 4.12. The summed E-state index contributed by atoms with van der Waals surface area (Å²) in [5, 5.41) is 21.8. The summed E-state index contributed by atoms with van der Waals surface area (Å²) >= 11 is 0. The lowest BCUT2D eigenvalue weighted by Gasteiger charge is -2.30. The van der Waals surface area contributed by atoms with Crippen molar-refractivity contribution in [2.75, 3.05) is 0 Å². The van der Waals surface area contributed by atoms with E-state index in [4.69, 9.17) is 5.21 Å². The third-order valence-corrected chi connectivity index (χ3v) is 3.45. The van der Waals surface area contributed by atoms with Crippen molar-refractivity contribution in [3.05, 3.63) is 35.9 Å². The molecule has 0 amide bonds. The fraction of sp³-hybridized carbons (Fsp3) is 0.462. The van der Waals surface area contributed by atoms with E-state index in [1.54, 1.807) is 0 Å². The van der Waals surface area contributed by atoms with Crippen LogP contribution >= 0.6 is 0 Å². The molecule has 1 fully saturated rings. The number of oxime groups is 1. The van der Waals surface area contributed by atoms with Gasteiger partial charge >= 0.3 is 0 Å². The number of hydrogen-bond donors (Lipinski definition) is 3. The summed E-state index contributed by atoms with van der Waals surface area (Å²) in [5.74, 6) is 0.0705. The molecule has 0 aromatic heterocycles. The molecule has 0 radical (unpaired) electrons. The lowest BCUT2D eigenvalue weighted by Crippen LogP contribution is -2.33. The molecule has 1 saturated carbocycles. The number of rotatable bonds is 3. The summed E-state index contributed by atoms with van der Waals surface area (Å²) in [7, 11) is 0. The molecule has 92 valence electrons. The second kappa shape index (κ2) is 5.80. The van der Waals surface area contributed by atoms with Crippen molar-refractivity contribution < 1.29 is 10.4 Å². The number of hydroxylamine groups is 1. The first kappa shape index (κ1) is 12.1. The van der Waals surface area contributed by atoms with Gasteiger partial charge in [-0.2, -0.15) is 5.48 Å². The zero-order valence-corrected chi connectivity index (χ0v) is 9.71. The smallest absolute Gasteiger partial charge is 0.0650 e. The number of benzene rings is 1. The van der Waals surface area contributed by atoms with Gasteiger partial charge in [-0.1, -0.05) is 41.9 Å². The van der Waals surface area contributed by atoms with Gasteiger partial charge in [0.15, 0.2) is 0 Å². The second-order valence-corrected chi connectivity index (χ2v) is 4.46. The topological polar surface area (TPSA) is 64.9 Å². The standard InChI is InChI=1S/C13H18N2O2/c16-14-12-9-5-4-8-11(12)13(15-17)10-6-2-1-3-7-10/h1-3,6-7,11,13,15-17H,4-5,8-9H2/b14-12-. The Balaban J connectivity index is 2.23. The average Bonchev–Trinajstić information content (AvgIpc) is 2.41. The Bertz CT molecular complexity index is 378. The summed E-state index contributed by atoms with van der Waals surface area (Å²) in [6.45, 7) is 0. The first-order valence-corrected chi connectivity index (χ1v) is 6.02. The average molecular weight is 234 g/mol. The van der Waals surface area contributed by atoms with Gasteiger partial charge < -0.3 is 10.4 Å². The van der Waals surface area contributed by atoms with E-state index in [9.17, 15) is 5.21 Å². The predicted octanol–water partition coefficient (Wildman–Crippen LogP) is 2.73. The van der Waals surface area contributed by atoms with E-state index in [0.717, 1.165) is 37.0 Å². The fourth-order valence-corrected chi connectivity index (χ4v) is 2.56. The van der Waals surface area contributed by atoms with Crippen LogP contribution in [-0.4, -0.2) is 16.1 Å². The summed E-state index contributed by atoms with van der Waals surface area (Å²) in [5.41, 5.74) is 4.16. The highest BCUT2D eigenvalue weighted by Gasteiger charge is 2.29. The van der Waals surface area contributed by atoms with Gasteiger partial charge in [-0.05, 0) is 24.8 Å². The van der Waals surface area contributed by atoms with E-state index in [-0.39, 0.29) is 12.0 Å². The molecule has 2 unspecified atom stereocenters. The molecule has 1 aromatic rings. The highest BCUT2D eigenvalue weighted by atomic mass is 16.5. The van der Waals surface area contributed by atoms with Gasteiger partial charge in [0.25, 0.3) is 0 Å². The molecule has 4 nitrogen and oxygen atoms in total. The molecule has 0 heterocycles. The molecule has 17 heavy (non-hydrogen) atoms. The minimum atomic E-state index is -0.192. The van der Waals surface area contributed by atoms with Crippen LogP contribution in [0.2, 0.25) is 0 Å². The molecule has 2 rings (SSSR count). The van der Waals surface area contributed by atoms with Gasteiger partial charge in [-0.3, -0.25) is 0 Å². The van der Waals surface area contributed by atoms with Crippen molar-refractivity contribution >= 4 is 5.71 Å². The van der Waals surface area contributed by atoms with Gasteiger partial charge in [-0.25, -0.2) is 0 Å². The van der Waals surface area contributed by atoms with Crippen LogP contribution in [0.25, 0.3) is 0 Å². The molecule has 2 atom stereocenters.